The number of anilines is 1. The van der Waals surface area contributed by atoms with Gasteiger partial charge in [-0.25, -0.2) is 4.39 Å². The van der Waals surface area contributed by atoms with Crippen LogP contribution in [0.3, 0.4) is 0 Å². The number of aryl methyl sites for hydroxylation is 2. The van der Waals surface area contributed by atoms with Gasteiger partial charge in [0.05, 0.1) is 0 Å². The molecule has 0 aliphatic heterocycles. The number of rotatable bonds is 6. The molecular weight excluding hydrogens is 303 g/mol. The number of nitrogens with one attached hydrogen (secondary N) is 1. The molecule has 0 unspecified atom stereocenters. The largest absolute Gasteiger partial charge is 0.332 e. The molecule has 1 amide bonds. The topological polar surface area (TPSA) is 45.7 Å². The maximum absolute atomic E-state index is 13.1. The van der Waals surface area contributed by atoms with E-state index in [4.69, 9.17) is 0 Å². The molecule has 0 saturated carbocycles. The van der Waals surface area contributed by atoms with E-state index in [0.29, 0.717) is 12.5 Å². The van der Waals surface area contributed by atoms with Crippen molar-refractivity contribution in [3.05, 3.63) is 65.0 Å². The number of hydrogen-bond acceptors (Lipinski definition) is 1. The van der Waals surface area contributed by atoms with Gasteiger partial charge >= 0.3 is 0 Å². The standard InChI is InChI=1S/C20H25FN2O/c1-13(2)20(16-6-8-17(21)9-7-16)22-12-19(24)23-18-10-5-14(3)15(4)11-18/h5-11,13,20,22H,12H2,1-4H3,(H,23,24)/p+1/t20-/m0/s1. The Morgan fingerprint density at radius 3 is 2.33 bits per heavy atom. The van der Waals surface area contributed by atoms with E-state index in [2.05, 4.69) is 19.2 Å². The molecule has 24 heavy (non-hydrogen) atoms. The van der Waals surface area contributed by atoms with E-state index in [9.17, 15) is 9.18 Å². The summed E-state index contributed by atoms with van der Waals surface area (Å²) < 4.78 is 13.1. The van der Waals surface area contributed by atoms with E-state index >= 15 is 0 Å². The zero-order valence-corrected chi connectivity index (χ0v) is 14.8. The molecule has 1 atom stereocenters. The fourth-order valence-corrected chi connectivity index (χ4v) is 2.74. The summed E-state index contributed by atoms with van der Waals surface area (Å²) in [5, 5.41) is 4.94. The maximum Gasteiger partial charge on any atom is 0.279 e. The number of amides is 1. The van der Waals surface area contributed by atoms with E-state index in [1.165, 1.54) is 17.7 Å². The first-order valence-electron chi connectivity index (χ1n) is 8.32. The molecule has 0 spiro atoms. The molecule has 2 aromatic carbocycles. The molecule has 3 N–H and O–H groups in total. The molecule has 0 fully saturated rings. The molecule has 0 aromatic heterocycles. The van der Waals surface area contributed by atoms with Crippen LogP contribution in [0.2, 0.25) is 0 Å². The molecule has 128 valence electrons. The van der Waals surface area contributed by atoms with Gasteiger partial charge in [0.2, 0.25) is 0 Å². The third-order valence-electron chi connectivity index (χ3n) is 4.32. The number of carbonyl (C=O) groups excluding carboxylic acids is 1. The van der Waals surface area contributed by atoms with Crippen LogP contribution in [0.1, 0.15) is 36.6 Å². The highest BCUT2D eigenvalue weighted by atomic mass is 19.1. The summed E-state index contributed by atoms with van der Waals surface area (Å²) >= 11 is 0. The van der Waals surface area contributed by atoms with E-state index in [0.717, 1.165) is 16.8 Å². The third-order valence-corrected chi connectivity index (χ3v) is 4.32. The minimum absolute atomic E-state index is 0.0361. The van der Waals surface area contributed by atoms with Gasteiger partial charge in [0.1, 0.15) is 11.9 Å². The van der Waals surface area contributed by atoms with Gasteiger partial charge in [0.25, 0.3) is 5.91 Å². The number of nitrogens with two attached hydrogens (primary N) is 1. The van der Waals surface area contributed by atoms with E-state index in [1.807, 2.05) is 37.4 Å². The van der Waals surface area contributed by atoms with Crippen molar-refractivity contribution >= 4 is 11.6 Å². The summed E-state index contributed by atoms with van der Waals surface area (Å²) in [7, 11) is 0. The Labute approximate surface area is 143 Å². The minimum Gasteiger partial charge on any atom is -0.332 e. The van der Waals surface area contributed by atoms with Crippen LogP contribution in [-0.2, 0) is 4.79 Å². The number of hydrogen-bond donors (Lipinski definition) is 2. The Morgan fingerprint density at radius 1 is 1.08 bits per heavy atom. The molecule has 2 aromatic rings. The third kappa shape index (κ3) is 4.90. The van der Waals surface area contributed by atoms with Gasteiger partial charge in [-0.2, -0.15) is 0 Å². The van der Waals surface area contributed by atoms with Gasteiger partial charge in [0, 0.05) is 17.2 Å². The first-order valence-corrected chi connectivity index (χ1v) is 8.32. The van der Waals surface area contributed by atoms with Crippen molar-refractivity contribution < 1.29 is 14.5 Å². The van der Waals surface area contributed by atoms with Crippen molar-refractivity contribution in [1.82, 2.24) is 0 Å². The van der Waals surface area contributed by atoms with Crippen LogP contribution in [-0.4, -0.2) is 12.5 Å². The van der Waals surface area contributed by atoms with Crippen LogP contribution in [0, 0.1) is 25.6 Å². The average molecular weight is 329 g/mol. The average Bonchev–Trinajstić information content (AvgIpc) is 2.52. The first kappa shape index (κ1) is 18.1. The normalized spacial score (nSPS) is 12.2. The van der Waals surface area contributed by atoms with Gasteiger partial charge in [-0.05, 0) is 49.2 Å². The van der Waals surface area contributed by atoms with Gasteiger partial charge in [-0.3, -0.25) is 4.79 Å². The molecule has 0 heterocycles. The predicted molar refractivity (Wildman–Crippen MR) is 95.3 cm³/mol. The number of quaternary nitrogens is 1. The monoisotopic (exact) mass is 329 g/mol. The lowest BCUT2D eigenvalue weighted by Crippen LogP contribution is -2.88. The lowest BCUT2D eigenvalue weighted by Gasteiger charge is -2.19. The van der Waals surface area contributed by atoms with Crippen LogP contribution in [0.5, 0.6) is 0 Å². The summed E-state index contributed by atoms with van der Waals surface area (Å²) in [6, 6.07) is 12.5. The van der Waals surface area contributed by atoms with Crippen molar-refractivity contribution in [3.8, 4) is 0 Å². The molecular formula is C20H26FN2O+. The summed E-state index contributed by atoms with van der Waals surface area (Å²) in [5.41, 5.74) is 4.21. The van der Waals surface area contributed by atoms with Crippen LogP contribution < -0.4 is 10.6 Å². The van der Waals surface area contributed by atoms with Crippen LogP contribution in [0.15, 0.2) is 42.5 Å². The molecule has 0 saturated heterocycles. The Morgan fingerprint density at radius 2 is 1.75 bits per heavy atom. The predicted octanol–water partition coefficient (Wildman–Crippen LogP) is 3.34. The van der Waals surface area contributed by atoms with Gasteiger partial charge in [0.15, 0.2) is 6.54 Å². The number of carbonyl (C=O) groups is 1. The Balaban J connectivity index is 1.97. The molecule has 3 nitrogen and oxygen atoms in total. The zero-order chi connectivity index (χ0) is 17.7. The molecule has 4 heteroatoms. The minimum atomic E-state index is -0.242. The molecule has 0 radical (unpaired) electrons. The summed E-state index contributed by atoms with van der Waals surface area (Å²) in [6.45, 7) is 8.61. The lowest BCUT2D eigenvalue weighted by atomic mass is 9.96. The first-order chi connectivity index (χ1) is 11.4. The zero-order valence-electron chi connectivity index (χ0n) is 14.8. The molecule has 0 aliphatic carbocycles. The smallest absolute Gasteiger partial charge is 0.279 e. The van der Waals surface area contributed by atoms with Crippen LogP contribution in [0.4, 0.5) is 10.1 Å². The van der Waals surface area contributed by atoms with Gasteiger partial charge < -0.3 is 10.6 Å². The Hall–Kier alpha value is -2.20. The van der Waals surface area contributed by atoms with Gasteiger partial charge in [-0.1, -0.05) is 32.0 Å². The maximum atomic E-state index is 13.1. The van der Waals surface area contributed by atoms with Crippen molar-refractivity contribution in [2.45, 2.75) is 33.7 Å². The van der Waals surface area contributed by atoms with Crippen molar-refractivity contribution in [3.63, 3.8) is 0 Å². The second kappa shape index (κ2) is 8.06. The second-order valence-electron chi connectivity index (χ2n) is 6.61. The fourth-order valence-electron chi connectivity index (χ4n) is 2.74. The molecule has 0 aliphatic rings. The Bertz CT molecular complexity index is 695. The second-order valence-corrected chi connectivity index (χ2v) is 6.61. The van der Waals surface area contributed by atoms with E-state index in [-0.39, 0.29) is 17.8 Å². The van der Waals surface area contributed by atoms with Crippen molar-refractivity contribution in [2.75, 3.05) is 11.9 Å². The Kier molecular flexibility index (Phi) is 6.10. The van der Waals surface area contributed by atoms with Crippen molar-refractivity contribution in [2.24, 2.45) is 5.92 Å². The van der Waals surface area contributed by atoms with Crippen LogP contribution in [0.25, 0.3) is 0 Å². The highest BCUT2D eigenvalue weighted by Gasteiger charge is 2.20. The number of halogens is 1. The van der Waals surface area contributed by atoms with E-state index < -0.39 is 0 Å². The highest BCUT2D eigenvalue weighted by Crippen LogP contribution is 2.18. The highest BCUT2D eigenvalue weighted by molar-refractivity contribution is 5.91. The SMILES string of the molecule is Cc1ccc(NC(=O)C[NH2+][C@H](c2ccc(F)cc2)C(C)C)cc1C. The number of benzene rings is 2. The van der Waals surface area contributed by atoms with E-state index in [1.54, 1.807) is 12.1 Å². The van der Waals surface area contributed by atoms with Gasteiger partial charge in [-0.15, -0.1) is 0 Å². The van der Waals surface area contributed by atoms with Crippen molar-refractivity contribution in [1.29, 1.82) is 0 Å². The quantitative estimate of drug-likeness (QED) is 0.839. The molecule has 2 rings (SSSR count). The molecule has 0 bridgehead atoms. The summed E-state index contributed by atoms with van der Waals surface area (Å²) in [4.78, 5) is 12.2. The lowest BCUT2D eigenvalue weighted by molar-refractivity contribution is -0.692. The fraction of sp³-hybridized carbons (Fsp3) is 0.350. The summed E-state index contributed by atoms with van der Waals surface area (Å²) in [5.74, 6) is 0.0598. The summed E-state index contributed by atoms with van der Waals surface area (Å²) in [6.07, 6.45) is 0. The van der Waals surface area contributed by atoms with Crippen LogP contribution >= 0.6 is 0 Å².